The van der Waals surface area contributed by atoms with Gasteiger partial charge < -0.3 is 26.0 Å². The standard InChI is InChI=1S/C22H24ClN7O3/c1-24-16-9-20(26-14-5-4-8-29(12-14)17-6-2-3-7-19(17)32)28-30-18(11-25-21(16)30)22(33)27-15(10-23)13-31/h2-9,11,15,17,24,31H,10,12-13H2,1H3,(H,26,28)(H,27,33). The third-order valence-electron chi connectivity index (χ3n) is 5.24. The molecule has 2 aliphatic rings. The van der Waals surface area contributed by atoms with Gasteiger partial charge in [0.05, 0.1) is 31.1 Å². The zero-order valence-electron chi connectivity index (χ0n) is 17.9. The number of hydrogen-bond donors (Lipinski definition) is 4. The summed E-state index contributed by atoms with van der Waals surface area (Å²) in [4.78, 5) is 31.2. The quantitative estimate of drug-likeness (QED) is 0.426. The summed E-state index contributed by atoms with van der Waals surface area (Å²) >= 11 is 5.77. The summed E-state index contributed by atoms with van der Waals surface area (Å²) in [6, 6.07) is 0.855. The van der Waals surface area contributed by atoms with E-state index >= 15 is 0 Å². The van der Waals surface area contributed by atoms with Crippen LogP contribution in [0.4, 0.5) is 11.5 Å². The van der Waals surface area contributed by atoms with E-state index in [1.165, 1.54) is 10.7 Å². The summed E-state index contributed by atoms with van der Waals surface area (Å²) in [5.41, 5.74) is 2.18. The number of halogens is 1. The highest BCUT2D eigenvalue weighted by Gasteiger charge is 2.23. The summed E-state index contributed by atoms with van der Waals surface area (Å²) < 4.78 is 1.43. The molecule has 172 valence electrons. The Bertz CT molecular complexity index is 1180. The highest BCUT2D eigenvalue weighted by atomic mass is 35.5. The number of fused-ring (bicyclic) bond motifs is 1. The second-order valence-electron chi connectivity index (χ2n) is 7.50. The smallest absolute Gasteiger partial charge is 0.271 e. The van der Waals surface area contributed by atoms with E-state index in [-0.39, 0.29) is 30.0 Å². The van der Waals surface area contributed by atoms with Crippen molar-refractivity contribution in [1.82, 2.24) is 24.8 Å². The van der Waals surface area contributed by atoms with Crippen molar-refractivity contribution in [2.24, 2.45) is 0 Å². The number of aliphatic hydroxyl groups excluding tert-OH is 1. The Kier molecular flexibility index (Phi) is 6.76. The first-order chi connectivity index (χ1) is 16.0. The van der Waals surface area contributed by atoms with Crippen molar-refractivity contribution in [3.8, 4) is 0 Å². The van der Waals surface area contributed by atoms with Crippen molar-refractivity contribution in [2.45, 2.75) is 12.1 Å². The molecule has 2 aromatic heterocycles. The number of hydrogen-bond acceptors (Lipinski definition) is 8. The largest absolute Gasteiger partial charge is 0.394 e. The Hall–Kier alpha value is -3.63. The van der Waals surface area contributed by atoms with E-state index in [2.05, 4.69) is 26.0 Å². The van der Waals surface area contributed by atoms with Crippen LogP contribution >= 0.6 is 11.6 Å². The molecule has 2 atom stereocenters. The molecule has 1 amide bonds. The molecular weight excluding hydrogens is 446 g/mol. The van der Waals surface area contributed by atoms with Crippen LogP contribution in [0.5, 0.6) is 0 Å². The normalized spacial score (nSPS) is 18.4. The summed E-state index contributed by atoms with van der Waals surface area (Å²) in [5.74, 6) is 0.137. The monoisotopic (exact) mass is 469 g/mol. The summed E-state index contributed by atoms with van der Waals surface area (Å²) in [5, 5.41) is 22.9. The van der Waals surface area contributed by atoms with Gasteiger partial charge in [-0.2, -0.15) is 0 Å². The second kappa shape index (κ2) is 9.88. The first-order valence-corrected chi connectivity index (χ1v) is 10.9. The molecule has 0 spiro atoms. The second-order valence-corrected chi connectivity index (χ2v) is 7.81. The Balaban J connectivity index is 1.58. The molecule has 3 heterocycles. The number of allylic oxidation sites excluding steroid dienone is 4. The number of nitrogens with one attached hydrogen (secondary N) is 3. The highest BCUT2D eigenvalue weighted by molar-refractivity contribution is 6.18. The fraction of sp³-hybridized carbons (Fsp3) is 0.273. The third-order valence-corrected chi connectivity index (χ3v) is 5.61. The van der Waals surface area contributed by atoms with E-state index in [9.17, 15) is 14.7 Å². The van der Waals surface area contributed by atoms with Crippen LogP contribution in [-0.4, -0.2) is 74.5 Å². The van der Waals surface area contributed by atoms with Gasteiger partial charge in [-0.05, 0) is 18.2 Å². The average molecular weight is 470 g/mol. The maximum absolute atomic E-state index is 12.7. The molecule has 33 heavy (non-hydrogen) atoms. The zero-order valence-corrected chi connectivity index (χ0v) is 18.7. The molecule has 0 saturated carbocycles. The van der Waals surface area contributed by atoms with Crippen molar-refractivity contribution >= 4 is 40.4 Å². The van der Waals surface area contributed by atoms with Gasteiger partial charge in [-0.15, -0.1) is 16.7 Å². The molecule has 2 aromatic rings. The SMILES string of the molecule is CNc1cc(NC2=CC=CN(C3C=CC=CC3=O)C2)nn2c(C(=O)NC(CO)CCl)cnc12. The maximum Gasteiger partial charge on any atom is 0.271 e. The lowest BCUT2D eigenvalue weighted by Gasteiger charge is -2.30. The molecule has 0 fully saturated rings. The minimum atomic E-state index is -0.577. The maximum atomic E-state index is 12.7. The van der Waals surface area contributed by atoms with Crippen LogP contribution in [0.25, 0.3) is 5.65 Å². The predicted molar refractivity (Wildman–Crippen MR) is 126 cm³/mol. The van der Waals surface area contributed by atoms with E-state index in [1.807, 2.05) is 35.4 Å². The van der Waals surface area contributed by atoms with Crippen molar-refractivity contribution in [2.75, 3.05) is 36.7 Å². The van der Waals surface area contributed by atoms with Crippen molar-refractivity contribution < 1.29 is 14.7 Å². The van der Waals surface area contributed by atoms with Crippen molar-refractivity contribution in [3.63, 3.8) is 0 Å². The number of imidazole rings is 1. The topological polar surface area (TPSA) is 124 Å². The number of carbonyl (C=O) groups excluding carboxylic acids is 2. The fourth-order valence-corrected chi connectivity index (χ4v) is 3.73. The molecule has 0 radical (unpaired) electrons. The van der Waals surface area contributed by atoms with Gasteiger partial charge in [0.2, 0.25) is 0 Å². The summed E-state index contributed by atoms with van der Waals surface area (Å²) in [6.45, 7) is 0.200. The number of aliphatic hydroxyl groups is 1. The van der Waals surface area contributed by atoms with E-state index in [1.54, 1.807) is 25.3 Å². The van der Waals surface area contributed by atoms with Gasteiger partial charge >= 0.3 is 0 Å². The van der Waals surface area contributed by atoms with Gasteiger partial charge in [-0.3, -0.25) is 9.59 Å². The van der Waals surface area contributed by atoms with Gasteiger partial charge in [0.15, 0.2) is 22.9 Å². The molecule has 1 aliphatic heterocycles. The molecule has 4 rings (SSSR count). The van der Waals surface area contributed by atoms with E-state index in [4.69, 9.17) is 11.6 Å². The fourth-order valence-electron chi connectivity index (χ4n) is 3.56. The molecule has 0 bridgehead atoms. The molecule has 2 unspecified atom stereocenters. The Labute approximate surface area is 195 Å². The van der Waals surface area contributed by atoms with Gasteiger partial charge in [0.25, 0.3) is 5.91 Å². The first kappa shape index (κ1) is 22.6. The van der Waals surface area contributed by atoms with Gasteiger partial charge in [0.1, 0.15) is 6.04 Å². The molecule has 11 heteroatoms. The van der Waals surface area contributed by atoms with Crippen LogP contribution in [0.3, 0.4) is 0 Å². The Morgan fingerprint density at radius 3 is 2.94 bits per heavy atom. The molecule has 10 nitrogen and oxygen atoms in total. The zero-order chi connectivity index (χ0) is 23.4. The van der Waals surface area contributed by atoms with E-state index in [0.717, 1.165) is 5.70 Å². The number of carbonyl (C=O) groups is 2. The van der Waals surface area contributed by atoms with Crippen LogP contribution < -0.4 is 16.0 Å². The van der Waals surface area contributed by atoms with Crippen LogP contribution in [0.1, 0.15) is 10.5 Å². The van der Waals surface area contributed by atoms with E-state index in [0.29, 0.717) is 23.7 Å². The minimum Gasteiger partial charge on any atom is -0.394 e. The Morgan fingerprint density at radius 1 is 1.36 bits per heavy atom. The minimum absolute atomic E-state index is 0.0209. The van der Waals surface area contributed by atoms with Crippen LogP contribution in [-0.2, 0) is 4.79 Å². The van der Waals surface area contributed by atoms with E-state index < -0.39 is 11.9 Å². The number of aromatic nitrogens is 3. The number of anilines is 2. The van der Waals surface area contributed by atoms with Crippen LogP contribution in [0.2, 0.25) is 0 Å². The average Bonchev–Trinajstić information content (AvgIpc) is 3.26. The third kappa shape index (κ3) is 4.76. The number of ketones is 1. The molecule has 0 aromatic carbocycles. The number of nitrogens with zero attached hydrogens (tertiary/aromatic N) is 4. The summed E-state index contributed by atoms with van der Waals surface area (Å²) in [6.07, 6.45) is 14.1. The lowest BCUT2D eigenvalue weighted by Crippen LogP contribution is -2.39. The summed E-state index contributed by atoms with van der Waals surface area (Å²) in [7, 11) is 1.75. The number of rotatable bonds is 8. The molecule has 4 N–H and O–H groups in total. The molecule has 0 saturated heterocycles. The highest BCUT2D eigenvalue weighted by Crippen LogP contribution is 2.22. The predicted octanol–water partition coefficient (Wildman–Crippen LogP) is 1.29. The van der Waals surface area contributed by atoms with Crippen molar-refractivity contribution in [3.05, 3.63) is 66.3 Å². The van der Waals surface area contributed by atoms with Gasteiger partial charge in [-0.1, -0.05) is 18.2 Å². The number of amides is 1. The molecule has 1 aliphatic carbocycles. The molecular formula is C22H24ClN7O3. The number of alkyl halides is 1. The first-order valence-electron chi connectivity index (χ1n) is 10.4. The lowest BCUT2D eigenvalue weighted by molar-refractivity contribution is -0.117. The van der Waals surface area contributed by atoms with Crippen LogP contribution in [0, 0.1) is 0 Å². The lowest BCUT2D eigenvalue weighted by atomic mass is 10.0. The van der Waals surface area contributed by atoms with Gasteiger partial charge in [0, 0.05) is 30.9 Å². The van der Waals surface area contributed by atoms with Crippen molar-refractivity contribution in [1.29, 1.82) is 0 Å². The Morgan fingerprint density at radius 2 is 2.21 bits per heavy atom. The van der Waals surface area contributed by atoms with Gasteiger partial charge in [-0.25, -0.2) is 9.50 Å². The van der Waals surface area contributed by atoms with Crippen LogP contribution in [0.15, 0.2) is 60.6 Å².